The molecule has 2 heteroatoms. The van der Waals surface area contributed by atoms with E-state index < -0.39 is 0 Å². The average molecular weight is 441 g/mol. The average Bonchev–Trinajstić information content (AvgIpc) is 2.72. The van der Waals surface area contributed by atoms with E-state index in [-0.39, 0.29) is 27.1 Å². The molecule has 2 nitrogen and oxygen atoms in total. The monoisotopic (exact) mass is 440 g/mol. The maximum Gasteiger partial charge on any atom is 0.138 e. The Balaban J connectivity index is 1.55. The third-order valence-corrected chi connectivity index (χ3v) is 12.7. The van der Waals surface area contributed by atoms with Crippen LogP contribution in [0.1, 0.15) is 113 Å². The van der Waals surface area contributed by atoms with Gasteiger partial charge in [0.05, 0.1) is 0 Å². The van der Waals surface area contributed by atoms with Gasteiger partial charge in [-0.3, -0.25) is 4.79 Å². The van der Waals surface area contributed by atoms with Crippen molar-refractivity contribution in [3.05, 3.63) is 11.6 Å². The quantitative estimate of drug-likeness (QED) is 0.433. The van der Waals surface area contributed by atoms with Gasteiger partial charge in [-0.2, -0.15) is 0 Å². The molecular weight excluding hydrogens is 392 g/mol. The molecule has 0 aromatic carbocycles. The highest BCUT2D eigenvalue weighted by molar-refractivity contribution is 5.85. The van der Waals surface area contributed by atoms with Gasteiger partial charge in [0, 0.05) is 18.4 Å². The van der Waals surface area contributed by atoms with Gasteiger partial charge >= 0.3 is 0 Å². The van der Waals surface area contributed by atoms with Crippen LogP contribution in [0.5, 0.6) is 0 Å². The number of hydrogen-bond acceptors (Lipinski definition) is 2. The first kappa shape index (κ1) is 23.1. The highest BCUT2D eigenvalue weighted by atomic mass is 16.3. The molecule has 0 spiro atoms. The van der Waals surface area contributed by atoms with E-state index in [1.54, 1.807) is 5.57 Å². The maximum absolute atomic E-state index is 12.9. The van der Waals surface area contributed by atoms with Gasteiger partial charge in [-0.1, -0.05) is 60.1 Å². The second kappa shape index (κ2) is 6.73. The number of fused-ring (bicyclic) bond motifs is 7. The van der Waals surface area contributed by atoms with Crippen LogP contribution in [0.25, 0.3) is 0 Å². The van der Waals surface area contributed by atoms with Crippen LogP contribution in [0.3, 0.4) is 0 Å². The van der Waals surface area contributed by atoms with Crippen LogP contribution in [-0.4, -0.2) is 17.5 Å². The zero-order valence-electron chi connectivity index (χ0n) is 21.9. The molecule has 5 aliphatic carbocycles. The first-order valence-corrected chi connectivity index (χ1v) is 13.6. The molecule has 180 valence electrons. The van der Waals surface area contributed by atoms with E-state index in [0.717, 1.165) is 12.8 Å². The van der Waals surface area contributed by atoms with E-state index in [1.807, 2.05) is 0 Å². The maximum atomic E-state index is 12.9. The van der Waals surface area contributed by atoms with Gasteiger partial charge in [-0.15, -0.1) is 0 Å². The fourth-order valence-electron chi connectivity index (χ4n) is 10.7. The number of ketones is 1. The highest BCUT2D eigenvalue weighted by Crippen LogP contribution is 2.74. The summed E-state index contributed by atoms with van der Waals surface area (Å²) in [4.78, 5) is 12.9. The van der Waals surface area contributed by atoms with Crippen molar-refractivity contribution in [1.82, 2.24) is 0 Å². The predicted octanol–water partition coefficient (Wildman–Crippen LogP) is 7.35. The summed E-state index contributed by atoms with van der Waals surface area (Å²) < 4.78 is 0. The lowest BCUT2D eigenvalue weighted by Crippen LogP contribution is -2.62. The first-order chi connectivity index (χ1) is 14.8. The van der Waals surface area contributed by atoms with Crippen LogP contribution in [0.4, 0.5) is 0 Å². The molecule has 5 rings (SSSR count). The van der Waals surface area contributed by atoms with Crippen LogP contribution < -0.4 is 0 Å². The molecule has 4 saturated carbocycles. The minimum atomic E-state index is -0.166. The zero-order chi connectivity index (χ0) is 23.4. The Labute approximate surface area is 197 Å². The Kier molecular flexibility index (Phi) is 4.87. The minimum Gasteiger partial charge on any atom is -0.396 e. The molecule has 0 heterocycles. The minimum absolute atomic E-state index is 0.0881. The van der Waals surface area contributed by atoms with Crippen LogP contribution in [0, 0.1) is 50.2 Å². The number of carbonyl (C=O) groups is 1. The normalized spacial score (nSPS) is 54.6. The number of allylic oxidation sites excluding steroid dienone is 2. The van der Waals surface area contributed by atoms with E-state index in [1.165, 1.54) is 51.4 Å². The number of rotatable bonds is 1. The van der Waals surface area contributed by atoms with Gasteiger partial charge in [0.2, 0.25) is 0 Å². The molecule has 8 unspecified atom stereocenters. The van der Waals surface area contributed by atoms with Gasteiger partial charge in [-0.25, -0.2) is 0 Å². The smallest absolute Gasteiger partial charge is 0.138 e. The molecule has 8 atom stereocenters. The summed E-state index contributed by atoms with van der Waals surface area (Å²) in [6.45, 7) is 17.5. The molecule has 4 fully saturated rings. The predicted molar refractivity (Wildman–Crippen MR) is 131 cm³/mol. The van der Waals surface area contributed by atoms with E-state index >= 15 is 0 Å². The third kappa shape index (κ3) is 2.77. The number of Topliss-reactive ketones (excluding diaryl/α,β-unsaturated/α-hetero) is 1. The summed E-state index contributed by atoms with van der Waals surface area (Å²) in [7, 11) is 0. The Morgan fingerprint density at radius 2 is 1.47 bits per heavy atom. The van der Waals surface area contributed by atoms with E-state index in [9.17, 15) is 9.90 Å². The lowest BCUT2D eigenvalue weighted by molar-refractivity contribution is -0.169. The topological polar surface area (TPSA) is 37.3 Å². The van der Waals surface area contributed by atoms with Gasteiger partial charge < -0.3 is 5.11 Å². The Hall–Kier alpha value is -0.630. The molecular formula is C30H48O2. The van der Waals surface area contributed by atoms with Crippen LogP contribution in [0.2, 0.25) is 0 Å². The Morgan fingerprint density at radius 3 is 2.12 bits per heavy atom. The molecule has 1 N–H and O–H groups in total. The highest BCUT2D eigenvalue weighted by Gasteiger charge is 2.66. The van der Waals surface area contributed by atoms with E-state index in [4.69, 9.17) is 0 Å². The van der Waals surface area contributed by atoms with Crippen molar-refractivity contribution in [3.8, 4) is 0 Å². The molecule has 0 bridgehead atoms. The van der Waals surface area contributed by atoms with Crippen LogP contribution in [0.15, 0.2) is 11.6 Å². The number of aliphatic hydroxyl groups is 1. The van der Waals surface area contributed by atoms with Gasteiger partial charge in [0.15, 0.2) is 0 Å². The molecule has 32 heavy (non-hydrogen) atoms. The summed E-state index contributed by atoms with van der Waals surface area (Å²) in [5.41, 5.74) is 2.89. The largest absolute Gasteiger partial charge is 0.396 e. The first-order valence-electron chi connectivity index (χ1n) is 13.6. The SMILES string of the molecule is CC1(CO)CCC2(C)CC=C3C(C)(CCC4C3(C)CCC3C(C)(C)C(=O)CCC34C)C2C1. The van der Waals surface area contributed by atoms with Gasteiger partial charge in [0.1, 0.15) is 5.78 Å². The van der Waals surface area contributed by atoms with Crippen LogP contribution >= 0.6 is 0 Å². The lowest BCUT2D eigenvalue weighted by Gasteiger charge is -2.69. The van der Waals surface area contributed by atoms with E-state index in [2.05, 4.69) is 54.5 Å². The second-order valence-corrected chi connectivity index (χ2v) is 14.9. The summed E-state index contributed by atoms with van der Waals surface area (Å²) in [5, 5.41) is 10.2. The van der Waals surface area contributed by atoms with Crippen molar-refractivity contribution in [2.75, 3.05) is 6.61 Å². The van der Waals surface area contributed by atoms with Crippen molar-refractivity contribution in [2.45, 2.75) is 113 Å². The summed E-state index contributed by atoms with van der Waals surface area (Å²) >= 11 is 0. The second-order valence-electron chi connectivity index (χ2n) is 14.9. The molecule has 0 aromatic heterocycles. The van der Waals surface area contributed by atoms with Crippen molar-refractivity contribution in [2.24, 2.45) is 50.2 Å². The summed E-state index contributed by atoms with van der Waals surface area (Å²) in [6.07, 6.45) is 14.4. The number of hydrogen-bond donors (Lipinski definition) is 1. The molecule has 0 aromatic rings. The van der Waals surface area contributed by atoms with Crippen molar-refractivity contribution >= 4 is 5.78 Å². The Bertz CT molecular complexity index is 855. The zero-order valence-corrected chi connectivity index (χ0v) is 21.9. The molecule has 0 saturated heterocycles. The fourth-order valence-corrected chi connectivity index (χ4v) is 10.7. The molecule has 0 amide bonds. The standard InChI is InChI=1S/C30H48O2/c1-25(2)20-9-13-29(6)21-8-12-27(4)17-16-26(3,19-31)18-23(27)30(21,7)14-10-22(29)28(20,5)15-11-24(25)32/h8,20,22-23,31H,9-19H2,1-7H3. The number of carbonyl (C=O) groups excluding carboxylic acids is 1. The van der Waals surface area contributed by atoms with Gasteiger partial charge in [0.25, 0.3) is 0 Å². The summed E-state index contributed by atoms with van der Waals surface area (Å²) in [5.74, 6) is 2.40. The van der Waals surface area contributed by atoms with E-state index in [0.29, 0.717) is 35.6 Å². The van der Waals surface area contributed by atoms with Crippen molar-refractivity contribution in [1.29, 1.82) is 0 Å². The third-order valence-electron chi connectivity index (χ3n) is 12.7. The molecule has 5 aliphatic rings. The number of aliphatic hydroxyl groups excluding tert-OH is 1. The van der Waals surface area contributed by atoms with Crippen molar-refractivity contribution in [3.63, 3.8) is 0 Å². The summed E-state index contributed by atoms with van der Waals surface area (Å²) in [6, 6.07) is 0. The molecule has 0 aliphatic heterocycles. The Morgan fingerprint density at radius 1 is 0.844 bits per heavy atom. The van der Waals surface area contributed by atoms with Gasteiger partial charge in [-0.05, 0) is 103 Å². The van der Waals surface area contributed by atoms with Crippen molar-refractivity contribution < 1.29 is 9.90 Å². The lowest BCUT2D eigenvalue weighted by atomic mass is 9.35. The molecule has 0 radical (unpaired) electrons. The van der Waals surface area contributed by atoms with Crippen LogP contribution in [-0.2, 0) is 4.79 Å². The fraction of sp³-hybridized carbons (Fsp3) is 0.900.